The van der Waals surface area contributed by atoms with Gasteiger partial charge in [0.1, 0.15) is 0 Å². The summed E-state index contributed by atoms with van der Waals surface area (Å²) in [6.45, 7) is 13.6. The maximum absolute atomic E-state index is 4.56. The van der Waals surface area contributed by atoms with Gasteiger partial charge in [0.25, 0.3) is 0 Å². The molecule has 7 heteroatoms. The number of rotatable bonds is 7. The molecule has 2 fully saturated rings. The van der Waals surface area contributed by atoms with Crippen molar-refractivity contribution in [3.63, 3.8) is 0 Å². The van der Waals surface area contributed by atoms with E-state index in [2.05, 4.69) is 74.2 Å². The summed E-state index contributed by atoms with van der Waals surface area (Å²) in [5.74, 6) is 1.07. The van der Waals surface area contributed by atoms with E-state index in [0.717, 1.165) is 45.1 Å². The predicted octanol–water partition coefficient (Wildman–Crippen LogP) is 2.98. The van der Waals surface area contributed by atoms with Crippen LogP contribution in [0.25, 0.3) is 0 Å². The predicted molar refractivity (Wildman–Crippen MR) is 143 cm³/mol. The second-order valence-electron chi connectivity index (χ2n) is 8.68. The molecule has 1 unspecified atom stereocenters. The monoisotopic (exact) mass is 542 g/mol. The zero-order chi connectivity index (χ0) is 21.2. The summed E-state index contributed by atoms with van der Waals surface area (Å²) in [6, 6.07) is 11.5. The first-order valence-corrected chi connectivity index (χ1v) is 11.9. The molecule has 176 valence electrons. The van der Waals surface area contributed by atoms with Gasteiger partial charge in [-0.25, -0.2) is 0 Å². The molecule has 1 aromatic rings. The summed E-state index contributed by atoms with van der Waals surface area (Å²) in [5.41, 5.74) is 1.44. The third kappa shape index (κ3) is 8.18. The van der Waals surface area contributed by atoms with Gasteiger partial charge in [0.15, 0.2) is 5.96 Å². The Balaban J connectivity index is 0.00000341. The Bertz CT molecular complexity index is 632. The summed E-state index contributed by atoms with van der Waals surface area (Å²) < 4.78 is 0. The van der Waals surface area contributed by atoms with Crippen molar-refractivity contribution in [2.75, 3.05) is 79.5 Å². The van der Waals surface area contributed by atoms with Crippen molar-refractivity contribution in [2.24, 2.45) is 4.99 Å². The molecule has 2 aliphatic heterocycles. The van der Waals surface area contributed by atoms with Crippen LogP contribution in [-0.2, 0) is 0 Å². The SMILES string of the molecule is CCC(c1ccccc1)N1CCN(C(=NC)NCCCN2CCCN(C)CC2)CC1.I. The van der Waals surface area contributed by atoms with Crippen molar-refractivity contribution in [1.82, 2.24) is 24.9 Å². The van der Waals surface area contributed by atoms with Gasteiger partial charge in [-0.15, -0.1) is 24.0 Å². The van der Waals surface area contributed by atoms with E-state index >= 15 is 0 Å². The van der Waals surface area contributed by atoms with Crippen molar-refractivity contribution >= 4 is 29.9 Å². The first-order chi connectivity index (χ1) is 14.7. The van der Waals surface area contributed by atoms with Gasteiger partial charge in [0.2, 0.25) is 0 Å². The Morgan fingerprint density at radius 1 is 1.00 bits per heavy atom. The third-order valence-electron chi connectivity index (χ3n) is 6.58. The topological polar surface area (TPSA) is 37.4 Å². The molecule has 0 amide bonds. The molecule has 0 aliphatic carbocycles. The van der Waals surface area contributed by atoms with Crippen LogP contribution in [0.2, 0.25) is 0 Å². The Morgan fingerprint density at radius 2 is 1.74 bits per heavy atom. The summed E-state index contributed by atoms with van der Waals surface area (Å²) >= 11 is 0. The van der Waals surface area contributed by atoms with E-state index in [1.54, 1.807) is 0 Å². The van der Waals surface area contributed by atoms with Crippen LogP contribution in [0.15, 0.2) is 35.3 Å². The highest BCUT2D eigenvalue weighted by Gasteiger charge is 2.25. The van der Waals surface area contributed by atoms with Gasteiger partial charge < -0.3 is 20.0 Å². The zero-order valence-electron chi connectivity index (χ0n) is 19.8. The third-order valence-corrected chi connectivity index (χ3v) is 6.58. The van der Waals surface area contributed by atoms with Gasteiger partial charge >= 0.3 is 0 Å². The minimum atomic E-state index is 0. The lowest BCUT2D eigenvalue weighted by Gasteiger charge is -2.40. The van der Waals surface area contributed by atoms with E-state index < -0.39 is 0 Å². The van der Waals surface area contributed by atoms with Crippen LogP contribution in [-0.4, -0.2) is 105 Å². The van der Waals surface area contributed by atoms with E-state index in [0.29, 0.717) is 6.04 Å². The highest BCUT2D eigenvalue weighted by Crippen LogP contribution is 2.25. The normalized spacial score (nSPS) is 20.7. The summed E-state index contributed by atoms with van der Waals surface area (Å²) in [6.07, 6.45) is 3.62. The highest BCUT2D eigenvalue weighted by atomic mass is 127. The Hall–Kier alpha value is -0.900. The van der Waals surface area contributed by atoms with Crippen LogP contribution < -0.4 is 5.32 Å². The number of aliphatic imine (C=N–C) groups is 1. The molecule has 1 atom stereocenters. The molecule has 2 heterocycles. The molecule has 31 heavy (non-hydrogen) atoms. The molecule has 0 radical (unpaired) electrons. The average molecular weight is 543 g/mol. The number of hydrogen-bond acceptors (Lipinski definition) is 4. The fourth-order valence-corrected chi connectivity index (χ4v) is 4.78. The van der Waals surface area contributed by atoms with E-state index in [1.807, 2.05) is 7.05 Å². The lowest BCUT2D eigenvalue weighted by Crippen LogP contribution is -2.53. The smallest absolute Gasteiger partial charge is 0.193 e. The lowest BCUT2D eigenvalue weighted by atomic mass is 10.0. The van der Waals surface area contributed by atoms with Crippen LogP contribution in [0.4, 0.5) is 0 Å². The zero-order valence-corrected chi connectivity index (χ0v) is 22.1. The number of likely N-dealkylation sites (N-methyl/N-ethyl adjacent to an activating group) is 1. The Labute approximate surface area is 207 Å². The number of piperazine rings is 1. The van der Waals surface area contributed by atoms with E-state index in [4.69, 9.17) is 0 Å². The van der Waals surface area contributed by atoms with E-state index in [9.17, 15) is 0 Å². The second-order valence-corrected chi connectivity index (χ2v) is 8.68. The van der Waals surface area contributed by atoms with Gasteiger partial charge in [-0.1, -0.05) is 37.3 Å². The molecule has 3 rings (SSSR count). The molecule has 0 spiro atoms. The van der Waals surface area contributed by atoms with Crippen molar-refractivity contribution in [3.8, 4) is 0 Å². The molecule has 0 saturated carbocycles. The van der Waals surface area contributed by atoms with E-state index in [1.165, 1.54) is 51.1 Å². The van der Waals surface area contributed by atoms with Gasteiger partial charge in [-0.3, -0.25) is 9.89 Å². The molecular weight excluding hydrogens is 499 g/mol. The molecule has 2 saturated heterocycles. The second kappa shape index (κ2) is 14.3. The number of hydrogen-bond donors (Lipinski definition) is 1. The number of benzene rings is 1. The standard InChI is InChI=1S/C24H42N6.HI/c1-4-23(22-10-6-5-7-11-22)29-18-20-30(21-19-29)24(25-2)26-12-8-14-28-15-9-13-27(3)16-17-28;/h5-7,10-11,23H,4,8-9,12-21H2,1-3H3,(H,25,26);1H. The quantitative estimate of drug-likeness (QED) is 0.248. The van der Waals surface area contributed by atoms with Gasteiger partial charge in [-0.2, -0.15) is 0 Å². The summed E-state index contributed by atoms with van der Waals surface area (Å²) in [5, 5.41) is 3.61. The molecule has 6 nitrogen and oxygen atoms in total. The van der Waals surface area contributed by atoms with Crippen molar-refractivity contribution in [2.45, 2.75) is 32.2 Å². The minimum Gasteiger partial charge on any atom is -0.356 e. The maximum Gasteiger partial charge on any atom is 0.193 e. The first-order valence-electron chi connectivity index (χ1n) is 11.9. The molecular formula is C24H43IN6. The van der Waals surface area contributed by atoms with Crippen LogP contribution >= 0.6 is 24.0 Å². The van der Waals surface area contributed by atoms with Gasteiger partial charge in [-0.05, 0) is 51.5 Å². The number of nitrogens with one attached hydrogen (secondary N) is 1. The van der Waals surface area contributed by atoms with Crippen molar-refractivity contribution < 1.29 is 0 Å². The van der Waals surface area contributed by atoms with Crippen LogP contribution in [0, 0.1) is 0 Å². The Kier molecular flexibility index (Phi) is 12.1. The largest absolute Gasteiger partial charge is 0.356 e. The molecule has 2 aliphatic rings. The number of guanidine groups is 1. The first kappa shape index (κ1) is 26.4. The Morgan fingerprint density at radius 3 is 2.42 bits per heavy atom. The van der Waals surface area contributed by atoms with Crippen LogP contribution in [0.1, 0.15) is 37.8 Å². The van der Waals surface area contributed by atoms with Gasteiger partial charge in [0, 0.05) is 58.9 Å². The van der Waals surface area contributed by atoms with Crippen molar-refractivity contribution in [1.29, 1.82) is 0 Å². The lowest BCUT2D eigenvalue weighted by molar-refractivity contribution is 0.127. The summed E-state index contributed by atoms with van der Waals surface area (Å²) in [4.78, 5) is 14.7. The van der Waals surface area contributed by atoms with E-state index in [-0.39, 0.29) is 24.0 Å². The maximum atomic E-state index is 4.56. The van der Waals surface area contributed by atoms with Crippen LogP contribution in [0.3, 0.4) is 0 Å². The molecule has 0 bridgehead atoms. The van der Waals surface area contributed by atoms with Crippen molar-refractivity contribution in [3.05, 3.63) is 35.9 Å². The number of nitrogens with zero attached hydrogens (tertiary/aromatic N) is 5. The minimum absolute atomic E-state index is 0. The molecule has 1 N–H and O–H groups in total. The number of halogens is 1. The molecule has 0 aromatic heterocycles. The van der Waals surface area contributed by atoms with Crippen LogP contribution in [0.5, 0.6) is 0 Å². The summed E-state index contributed by atoms with van der Waals surface area (Å²) in [7, 11) is 4.15. The fourth-order valence-electron chi connectivity index (χ4n) is 4.78. The average Bonchev–Trinajstić information content (AvgIpc) is 3.00. The molecule has 1 aromatic carbocycles. The fraction of sp³-hybridized carbons (Fsp3) is 0.708. The highest BCUT2D eigenvalue weighted by molar-refractivity contribution is 14.0. The van der Waals surface area contributed by atoms with Gasteiger partial charge in [0.05, 0.1) is 0 Å².